The van der Waals surface area contributed by atoms with Crippen LogP contribution in [0.4, 0.5) is 0 Å². The van der Waals surface area contributed by atoms with Gasteiger partial charge in [0.05, 0.1) is 5.57 Å². The van der Waals surface area contributed by atoms with Crippen molar-refractivity contribution in [1.82, 2.24) is 9.44 Å². The molecule has 0 atom stereocenters. The smallest absolute Gasteiger partial charge is 0.367 e. The summed E-state index contributed by atoms with van der Waals surface area (Å²) >= 11 is 0. The second kappa shape index (κ2) is 8.08. The van der Waals surface area contributed by atoms with Gasteiger partial charge in [-0.15, -0.1) is 0 Å². The van der Waals surface area contributed by atoms with Crippen LogP contribution in [0.25, 0.3) is 6.08 Å². The standard InChI is InChI=1S/C13H15N3O7S2/c1-9(17)11(8-14)6-10-4-5-12(22-24(18,19)15-2)13(7-10)23-25(20,21)16-3/h4-7,15-16H,1-3H3/b11-6+. The number of Topliss-reactive ketones (excluding diaryl/α,β-unsaturated/α-hetero) is 1. The Morgan fingerprint density at radius 3 is 2.04 bits per heavy atom. The Hall–Kier alpha value is -2.46. The third-order valence-corrected chi connectivity index (χ3v) is 4.48. The molecule has 0 aliphatic rings. The molecule has 25 heavy (non-hydrogen) atoms. The number of ketones is 1. The number of nitrogens with zero attached hydrogens (tertiary/aromatic N) is 1. The van der Waals surface area contributed by atoms with E-state index in [9.17, 15) is 21.6 Å². The first-order valence-electron chi connectivity index (χ1n) is 6.56. The van der Waals surface area contributed by atoms with Crippen LogP contribution in [0.3, 0.4) is 0 Å². The predicted octanol–water partition coefficient (Wildman–Crippen LogP) is -0.131. The van der Waals surface area contributed by atoms with E-state index in [1.807, 2.05) is 9.44 Å². The number of nitrogens with one attached hydrogen (secondary N) is 2. The van der Waals surface area contributed by atoms with Gasteiger partial charge in [-0.05, 0) is 30.7 Å². The van der Waals surface area contributed by atoms with Gasteiger partial charge in [0.15, 0.2) is 17.3 Å². The summed E-state index contributed by atoms with van der Waals surface area (Å²) < 4.78 is 59.4. The van der Waals surface area contributed by atoms with Gasteiger partial charge >= 0.3 is 20.6 Å². The molecule has 10 nitrogen and oxygen atoms in total. The summed E-state index contributed by atoms with van der Waals surface area (Å²) in [7, 11) is -6.21. The zero-order valence-corrected chi connectivity index (χ0v) is 15.1. The van der Waals surface area contributed by atoms with Gasteiger partial charge in [-0.3, -0.25) is 4.79 Å². The Labute approximate surface area is 145 Å². The number of allylic oxidation sites excluding steroid dienone is 1. The molecule has 1 rings (SSSR count). The Balaban J connectivity index is 3.46. The molecule has 0 fully saturated rings. The second-order valence-corrected chi connectivity index (χ2v) is 7.38. The highest BCUT2D eigenvalue weighted by atomic mass is 32.2. The average molecular weight is 389 g/mol. The Morgan fingerprint density at radius 1 is 1.08 bits per heavy atom. The van der Waals surface area contributed by atoms with E-state index >= 15 is 0 Å². The van der Waals surface area contributed by atoms with E-state index in [0.717, 1.165) is 26.2 Å². The molecule has 0 aromatic heterocycles. The molecule has 0 heterocycles. The Bertz CT molecular complexity index is 944. The third kappa shape index (κ3) is 6.16. The number of benzene rings is 1. The van der Waals surface area contributed by atoms with Crippen molar-refractivity contribution >= 4 is 32.5 Å². The van der Waals surface area contributed by atoms with Gasteiger partial charge in [-0.1, -0.05) is 6.07 Å². The van der Waals surface area contributed by atoms with Gasteiger partial charge < -0.3 is 8.37 Å². The minimum absolute atomic E-state index is 0.182. The lowest BCUT2D eigenvalue weighted by Gasteiger charge is -2.12. The number of hydrogen-bond donors (Lipinski definition) is 2. The maximum Gasteiger partial charge on any atom is 0.382 e. The van der Waals surface area contributed by atoms with Crippen LogP contribution < -0.4 is 17.8 Å². The van der Waals surface area contributed by atoms with Gasteiger partial charge in [0.2, 0.25) is 0 Å². The van der Waals surface area contributed by atoms with E-state index in [-0.39, 0.29) is 11.1 Å². The van der Waals surface area contributed by atoms with Crippen molar-refractivity contribution in [2.45, 2.75) is 6.92 Å². The Kier molecular flexibility index (Phi) is 6.65. The van der Waals surface area contributed by atoms with Crippen molar-refractivity contribution in [3.63, 3.8) is 0 Å². The summed E-state index contributed by atoms with van der Waals surface area (Å²) in [6, 6.07) is 5.24. The maximum absolute atomic E-state index is 11.6. The normalized spacial score (nSPS) is 12.3. The minimum atomic E-state index is -4.22. The SMILES string of the molecule is CNS(=O)(=O)Oc1ccc(/C=C(\C#N)C(C)=O)cc1OS(=O)(=O)NC. The van der Waals surface area contributed by atoms with Crippen LogP contribution in [0, 0.1) is 11.3 Å². The molecule has 0 saturated heterocycles. The summed E-state index contributed by atoms with van der Waals surface area (Å²) in [5.41, 5.74) is 0.0428. The molecular weight excluding hydrogens is 374 g/mol. The molecule has 1 aromatic rings. The Morgan fingerprint density at radius 2 is 1.60 bits per heavy atom. The summed E-state index contributed by atoms with van der Waals surface area (Å²) in [6.45, 7) is 1.19. The highest BCUT2D eigenvalue weighted by molar-refractivity contribution is 7.85. The van der Waals surface area contributed by atoms with Gasteiger partial charge in [-0.2, -0.15) is 31.5 Å². The van der Waals surface area contributed by atoms with E-state index in [0.29, 0.717) is 0 Å². The molecule has 0 bridgehead atoms. The van der Waals surface area contributed by atoms with Crippen molar-refractivity contribution < 1.29 is 30.0 Å². The number of carbonyl (C=O) groups excluding carboxylic acids is 1. The third-order valence-electron chi connectivity index (χ3n) is 2.68. The van der Waals surface area contributed by atoms with Crippen molar-refractivity contribution in [2.24, 2.45) is 0 Å². The lowest BCUT2D eigenvalue weighted by Crippen LogP contribution is -2.26. The van der Waals surface area contributed by atoms with Crippen molar-refractivity contribution in [2.75, 3.05) is 14.1 Å². The van der Waals surface area contributed by atoms with Crippen molar-refractivity contribution in [3.8, 4) is 17.6 Å². The molecule has 0 amide bonds. The quantitative estimate of drug-likeness (QED) is 0.461. The molecule has 0 aliphatic heterocycles. The first-order valence-corrected chi connectivity index (χ1v) is 9.38. The topological polar surface area (TPSA) is 152 Å². The lowest BCUT2D eigenvalue weighted by atomic mass is 10.1. The summed E-state index contributed by atoms with van der Waals surface area (Å²) in [6.07, 6.45) is 1.19. The summed E-state index contributed by atoms with van der Waals surface area (Å²) in [5.74, 6) is -1.36. The molecule has 12 heteroatoms. The number of nitriles is 1. The van der Waals surface area contributed by atoms with Crippen LogP contribution >= 0.6 is 0 Å². The van der Waals surface area contributed by atoms with E-state index in [4.69, 9.17) is 13.6 Å². The minimum Gasteiger partial charge on any atom is -0.367 e. The van der Waals surface area contributed by atoms with Crippen LogP contribution in [0.15, 0.2) is 23.8 Å². The summed E-state index contributed by atoms with van der Waals surface area (Å²) in [4.78, 5) is 11.3. The van der Waals surface area contributed by atoms with Gasteiger partial charge in [0, 0.05) is 14.1 Å². The van der Waals surface area contributed by atoms with E-state index in [1.165, 1.54) is 19.1 Å². The number of carbonyl (C=O) groups is 1. The first kappa shape index (κ1) is 20.6. The molecule has 0 aliphatic carbocycles. The van der Waals surface area contributed by atoms with Crippen LogP contribution in [-0.2, 0) is 25.4 Å². The van der Waals surface area contributed by atoms with Gasteiger partial charge in [0.1, 0.15) is 6.07 Å². The first-order chi connectivity index (χ1) is 11.5. The van der Waals surface area contributed by atoms with E-state index in [1.54, 1.807) is 6.07 Å². The number of hydrogen-bond acceptors (Lipinski definition) is 8. The van der Waals surface area contributed by atoms with Crippen molar-refractivity contribution in [3.05, 3.63) is 29.3 Å². The fourth-order valence-electron chi connectivity index (χ4n) is 1.45. The molecule has 0 radical (unpaired) electrons. The summed E-state index contributed by atoms with van der Waals surface area (Å²) in [5, 5.41) is 8.90. The fourth-order valence-corrected chi connectivity index (χ4v) is 2.35. The predicted molar refractivity (Wildman–Crippen MR) is 87.9 cm³/mol. The second-order valence-electron chi connectivity index (χ2n) is 4.42. The maximum atomic E-state index is 11.6. The van der Waals surface area contributed by atoms with Crippen LogP contribution in [0.2, 0.25) is 0 Å². The molecule has 136 valence electrons. The monoisotopic (exact) mass is 389 g/mol. The highest BCUT2D eigenvalue weighted by Gasteiger charge is 2.19. The molecule has 0 saturated carbocycles. The average Bonchev–Trinajstić information content (AvgIpc) is 2.54. The highest BCUT2D eigenvalue weighted by Crippen LogP contribution is 2.31. The zero-order valence-electron chi connectivity index (χ0n) is 13.4. The number of rotatable bonds is 8. The van der Waals surface area contributed by atoms with E-state index < -0.39 is 37.9 Å². The molecule has 0 unspecified atom stereocenters. The zero-order chi connectivity index (χ0) is 19.3. The van der Waals surface area contributed by atoms with Gasteiger partial charge in [0.25, 0.3) is 0 Å². The van der Waals surface area contributed by atoms with Crippen molar-refractivity contribution in [1.29, 1.82) is 5.26 Å². The molecule has 1 aromatic carbocycles. The molecule has 2 N–H and O–H groups in total. The lowest BCUT2D eigenvalue weighted by molar-refractivity contribution is -0.113. The fraction of sp³-hybridized carbons (Fsp3) is 0.231. The largest absolute Gasteiger partial charge is 0.382 e. The van der Waals surface area contributed by atoms with Crippen LogP contribution in [0.5, 0.6) is 11.5 Å². The van der Waals surface area contributed by atoms with E-state index in [2.05, 4.69) is 0 Å². The van der Waals surface area contributed by atoms with Crippen LogP contribution in [-0.4, -0.2) is 36.7 Å². The van der Waals surface area contributed by atoms with Gasteiger partial charge in [-0.25, -0.2) is 0 Å². The molecule has 0 spiro atoms. The molecular formula is C13H15N3O7S2. The van der Waals surface area contributed by atoms with Crippen LogP contribution in [0.1, 0.15) is 12.5 Å².